The van der Waals surface area contributed by atoms with Gasteiger partial charge < -0.3 is 4.74 Å². The van der Waals surface area contributed by atoms with Crippen molar-refractivity contribution in [1.82, 2.24) is 0 Å². The van der Waals surface area contributed by atoms with Crippen LogP contribution in [0.25, 0.3) is 0 Å². The third-order valence-electron chi connectivity index (χ3n) is 2.01. The second-order valence-electron chi connectivity index (χ2n) is 3.70. The molecule has 0 aromatic heterocycles. The average Bonchev–Trinajstić information content (AvgIpc) is 2.05. The van der Waals surface area contributed by atoms with Gasteiger partial charge in [-0.2, -0.15) is 0 Å². The van der Waals surface area contributed by atoms with Crippen LogP contribution < -0.4 is 0 Å². The lowest BCUT2D eigenvalue weighted by Gasteiger charge is -2.13. The van der Waals surface area contributed by atoms with Crippen LogP contribution in [0.4, 0.5) is 0 Å². The van der Waals surface area contributed by atoms with Gasteiger partial charge in [-0.25, -0.2) is 0 Å². The summed E-state index contributed by atoms with van der Waals surface area (Å²) in [7, 11) is 0. The first-order chi connectivity index (χ1) is 6.20. The minimum atomic E-state index is 0.676. The Morgan fingerprint density at radius 2 is 1.31 bits per heavy atom. The molecule has 0 rings (SSSR count). The van der Waals surface area contributed by atoms with E-state index in [1.165, 1.54) is 12.8 Å². The molecule has 0 spiro atoms. The zero-order valence-corrected chi connectivity index (χ0v) is 11.7. The summed E-state index contributed by atoms with van der Waals surface area (Å²) in [5, 5.41) is 2.16. The van der Waals surface area contributed by atoms with Crippen LogP contribution in [0.2, 0.25) is 0 Å². The van der Waals surface area contributed by atoms with Crippen molar-refractivity contribution in [3.05, 3.63) is 0 Å². The molecule has 0 heterocycles. The molecule has 0 aliphatic carbocycles. The molecule has 2 unspecified atom stereocenters. The SMILES string of the molecule is CC(CCBr)COCC(C)CCBr. The van der Waals surface area contributed by atoms with Gasteiger partial charge in [0.25, 0.3) is 0 Å². The minimum absolute atomic E-state index is 0.676. The summed E-state index contributed by atoms with van der Waals surface area (Å²) in [5.74, 6) is 1.35. The van der Waals surface area contributed by atoms with Gasteiger partial charge in [-0.15, -0.1) is 0 Å². The van der Waals surface area contributed by atoms with E-state index in [1.807, 2.05) is 0 Å². The minimum Gasteiger partial charge on any atom is -0.381 e. The first-order valence-corrected chi connectivity index (χ1v) is 7.14. The molecule has 3 heteroatoms. The lowest BCUT2D eigenvalue weighted by molar-refractivity contribution is 0.0787. The Bertz CT molecular complexity index is 97.1. The highest BCUT2D eigenvalue weighted by Crippen LogP contribution is 2.08. The maximum absolute atomic E-state index is 5.62. The molecule has 13 heavy (non-hydrogen) atoms. The van der Waals surface area contributed by atoms with Crippen molar-refractivity contribution in [2.24, 2.45) is 11.8 Å². The molecule has 0 aromatic rings. The van der Waals surface area contributed by atoms with Gasteiger partial charge in [0.15, 0.2) is 0 Å². The lowest BCUT2D eigenvalue weighted by Crippen LogP contribution is -2.12. The standard InChI is InChI=1S/C10H20Br2O/c1-9(3-5-11)7-13-8-10(2)4-6-12/h9-10H,3-8H2,1-2H3. The van der Waals surface area contributed by atoms with Crippen LogP contribution in [-0.4, -0.2) is 23.9 Å². The summed E-state index contributed by atoms with van der Waals surface area (Å²) < 4.78 is 5.62. The number of hydrogen-bond acceptors (Lipinski definition) is 1. The van der Waals surface area contributed by atoms with Crippen molar-refractivity contribution in [3.8, 4) is 0 Å². The highest BCUT2D eigenvalue weighted by atomic mass is 79.9. The number of hydrogen-bond donors (Lipinski definition) is 0. The fraction of sp³-hybridized carbons (Fsp3) is 1.00. The van der Waals surface area contributed by atoms with Gasteiger partial charge in [-0.1, -0.05) is 45.7 Å². The molecular formula is C10H20Br2O. The van der Waals surface area contributed by atoms with Crippen molar-refractivity contribution < 1.29 is 4.74 Å². The van der Waals surface area contributed by atoms with Crippen LogP contribution in [0.15, 0.2) is 0 Å². The molecule has 2 atom stereocenters. The van der Waals surface area contributed by atoms with E-state index in [-0.39, 0.29) is 0 Å². The smallest absolute Gasteiger partial charge is 0.0492 e. The zero-order chi connectivity index (χ0) is 10.1. The maximum atomic E-state index is 5.62. The van der Waals surface area contributed by atoms with Gasteiger partial charge in [0, 0.05) is 23.9 Å². The van der Waals surface area contributed by atoms with E-state index >= 15 is 0 Å². The number of halogens is 2. The highest BCUT2D eigenvalue weighted by molar-refractivity contribution is 9.09. The molecule has 0 fully saturated rings. The van der Waals surface area contributed by atoms with Crippen LogP contribution >= 0.6 is 31.9 Å². The zero-order valence-electron chi connectivity index (χ0n) is 8.56. The van der Waals surface area contributed by atoms with Gasteiger partial charge in [0.2, 0.25) is 0 Å². The lowest BCUT2D eigenvalue weighted by atomic mass is 10.1. The van der Waals surface area contributed by atoms with E-state index in [2.05, 4.69) is 45.7 Å². The molecule has 0 aliphatic heterocycles. The van der Waals surface area contributed by atoms with E-state index in [0.29, 0.717) is 11.8 Å². The normalized spacial score (nSPS) is 15.7. The summed E-state index contributed by atoms with van der Waals surface area (Å²) in [6, 6.07) is 0. The molecule has 0 N–H and O–H groups in total. The third kappa shape index (κ3) is 9.23. The van der Waals surface area contributed by atoms with E-state index in [0.717, 1.165) is 23.9 Å². The highest BCUT2D eigenvalue weighted by Gasteiger charge is 2.04. The quantitative estimate of drug-likeness (QED) is 0.618. The van der Waals surface area contributed by atoms with Gasteiger partial charge in [-0.3, -0.25) is 0 Å². The number of rotatable bonds is 8. The second kappa shape index (κ2) is 9.47. The van der Waals surface area contributed by atoms with E-state index in [4.69, 9.17) is 4.74 Å². The van der Waals surface area contributed by atoms with E-state index in [9.17, 15) is 0 Å². The Balaban J connectivity index is 3.23. The Hall–Kier alpha value is 0.920. The fourth-order valence-corrected chi connectivity index (χ4v) is 2.57. The molecule has 0 bridgehead atoms. The Kier molecular flexibility index (Phi) is 10.1. The van der Waals surface area contributed by atoms with Crippen molar-refractivity contribution in [2.75, 3.05) is 23.9 Å². The Labute approximate surface area is 98.9 Å². The molecule has 80 valence electrons. The van der Waals surface area contributed by atoms with E-state index < -0.39 is 0 Å². The fourth-order valence-electron chi connectivity index (χ4n) is 1.01. The molecule has 0 amide bonds. The monoisotopic (exact) mass is 314 g/mol. The first kappa shape index (κ1) is 13.9. The summed E-state index contributed by atoms with van der Waals surface area (Å²) >= 11 is 6.87. The largest absolute Gasteiger partial charge is 0.381 e. The molecule has 0 saturated carbocycles. The molecule has 0 saturated heterocycles. The molecular weight excluding hydrogens is 296 g/mol. The molecule has 0 aliphatic rings. The van der Waals surface area contributed by atoms with Crippen LogP contribution in [0.5, 0.6) is 0 Å². The molecule has 0 aromatic carbocycles. The predicted octanol–water partition coefficient (Wildman–Crippen LogP) is 3.85. The maximum Gasteiger partial charge on any atom is 0.0492 e. The topological polar surface area (TPSA) is 9.23 Å². The number of alkyl halides is 2. The summed E-state index contributed by atoms with van der Waals surface area (Å²) in [5.41, 5.74) is 0. The van der Waals surface area contributed by atoms with Crippen molar-refractivity contribution >= 4 is 31.9 Å². The van der Waals surface area contributed by atoms with Crippen LogP contribution in [-0.2, 0) is 4.74 Å². The summed E-state index contributed by atoms with van der Waals surface area (Å²) in [6.45, 7) is 6.27. The predicted molar refractivity (Wildman–Crippen MR) is 66.0 cm³/mol. The van der Waals surface area contributed by atoms with Crippen molar-refractivity contribution in [3.63, 3.8) is 0 Å². The van der Waals surface area contributed by atoms with Crippen molar-refractivity contribution in [2.45, 2.75) is 26.7 Å². The van der Waals surface area contributed by atoms with Crippen LogP contribution in [0.1, 0.15) is 26.7 Å². The number of ether oxygens (including phenoxy) is 1. The van der Waals surface area contributed by atoms with Crippen LogP contribution in [0.3, 0.4) is 0 Å². The Morgan fingerprint density at radius 1 is 0.923 bits per heavy atom. The van der Waals surface area contributed by atoms with Gasteiger partial charge >= 0.3 is 0 Å². The van der Waals surface area contributed by atoms with Gasteiger partial charge in [0.05, 0.1) is 0 Å². The second-order valence-corrected chi connectivity index (χ2v) is 5.29. The van der Waals surface area contributed by atoms with Gasteiger partial charge in [0.1, 0.15) is 0 Å². The average molecular weight is 316 g/mol. The summed E-state index contributed by atoms with van der Waals surface area (Å²) in [4.78, 5) is 0. The molecule has 1 nitrogen and oxygen atoms in total. The van der Waals surface area contributed by atoms with E-state index in [1.54, 1.807) is 0 Å². The third-order valence-corrected chi connectivity index (χ3v) is 2.92. The Morgan fingerprint density at radius 3 is 1.62 bits per heavy atom. The van der Waals surface area contributed by atoms with Crippen LogP contribution in [0, 0.1) is 11.8 Å². The first-order valence-electron chi connectivity index (χ1n) is 4.90. The molecule has 0 radical (unpaired) electrons. The van der Waals surface area contributed by atoms with Gasteiger partial charge in [-0.05, 0) is 24.7 Å². The van der Waals surface area contributed by atoms with Crippen molar-refractivity contribution in [1.29, 1.82) is 0 Å². The summed E-state index contributed by atoms with van der Waals surface area (Å²) in [6.07, 6.45) is 2.40.